The molecular formula is C18H21Cl2NO3S. The minimum Gasteiger partial charge on any atom is -0.493 e. The third-order valence-corrected chi connectivity index (χ3v) is 5.00. The molecule has 1 unspecified atom stereocenters. The van der Waals surface area contributed by atoms with Gasteiger partial charge in [0, 0.05) is 0 Å². The lowest BCUT2D eigenvalue weighted by Gasteiger charge is -2.17. The lowest BCUT2D eigenvalue weighted by atomic mass is 10.1. The first-order valence-corrected chi connectivity index (χ1v) is 9.45. The van der Waals surface area contributed by atoms with Gasteiger partial charge in [0.25, 0.3) is 5.91 Å². The Hall–Kier alpha value is -1.43. The minimum atomic E-state index is -0.264. The zero-order valence-corrected chi connectivity index (χ0v) is 16.9. The molecule has 0 aliphatic rings. The fourth-order valence-electron chi connectivity index (χ4n) is 2.18. The summed E-state index contributed by atoms with van der Waals surface area (Å²) in [6, 6.07) is 6.97. The van der Waals surface area contributed by atoms with Gasteiger partial charge in [-0.15, -0.1) is 11.3 Å². The summed E-state index contributed by atoms with van der Waals surface area (Å²) in [5.41, 5.74) is 1.28. The molecule has 25 heavy (non-hydrogen) atoms. The number of methoxy groups -OCH3 is 1. The third-order valence-electron chi connectivity index (χ3n) is 3.51. The molecule has 0 fully saturated rings. The van der Waals surface area contributed by atoms with Crippen molar-refractivity contribution in [2.24, 2.45) is 5.92 Å². The number of ether oxygens (including phenoxy) is 2. The zero-order chi connectivity index (χ0) is 18.6. The summed E-state index contributed by atoms with van der Waals surface area (Å²) < 4.78 is 12.0. The van der Waals surface area contributed by atoms with E-state index in [4.69, 9.17) is 32.7 Å². The second kappa shape index (κ2) is 8.79. The number of thiophene rings is 1. The van der Waals surface area contributed by atoms with Crippen LogP contribution < -0.4 is 14.8 Å². The Labute approximate surface area is 162 Å². The van der Waals surface area contributed by atoms with Gasteiger partial charge in [-0.3, -0.25) is 4.79 Å². The van der Waals surface area contributed by atoms with Crippen LogP contribution in [-0.2, 0) is 0 Å². The van der Waals surface area contributed by atoms with Crippen LogP contribution in [0.2, 0.25) is 8.67 Å². The van der Waals surface area contributed by atoms with E-state index >= 15 is 0 Å². The molecule has 0 aliphatic carbocycles. The molecule has 1 aromatic heterocycles. The fourth-order valence-corrected chi connectivity index (χ4v) is 3.64. The summed E-state index contributed by atoms with van der Waals surface area (Å²) >= 11 is 13.1. The lowest BCUT2D eigenvalue weighted by molar-refractivity contribution is 0.0940. The van der Waals surface area contributed by atoms with Gasteiger partial charge in [-0.25, -0.2) is 0 Å². The van der Waals surface area contributed by atoms with Crippen molar-refractivity contribution in [3.05, 3.63) is 44.1 Å². The van der Waals surface area contributed by atoms with E-state index in [1.165, 1.54) is 11.3 Å². The van der Waals surface area contributed by atoms with Gasteiger partial charge < -0.3 is 14.8 Å². The molecule has 1 aromatic carbocycles. The van der Waals surface area contributed by atoms with Crippen LogP contribution in [0, 0.1) is 5.92 Å². The third kappa shape index (κ3) is 5.27. The summed E-state index contributed by atoms with van der Waals surface area (Å²) in [5, 5.41) is 2.92. The smallest absolute Gasteiger partial charge is 0.254 e. The van der Waals surface area contributed by atoms with Gasteiger partial charge in [-0.05, 0) is 36.6 Å². The van der Waals surface area contributed by atoms with E-state index in [1.807, 2.05) is 25.1 Å². The number of carbonyl (C=O) groups is 1. The van der Waals surface area contributed by atoms with Gasteiger partial charge in [0.15, 0.2) is 11.5 Å². The highest BCUT2D eigenvalue weighted by molar-refractivity contribution is 7.20. The molecule has 0 spiro atoms. The molecule has 1 atom stereocenters. The number of carbonyl (C=O) groups excluding carboxylic acids is 1. The molecule has 7 heteroatoms. The maximum Gasteiger partial charge on any atom is 0.254 e. The van der Waals surface area contributed by atoms with Crippen molar-refractivity contribution in [3.8, 4) is 11.5 Å². The average Bonchev–Trinajstić information content (AvgIpc) is 2.91. The Morgan fingerprint density at radius 1 is 1.20 bits per heavy atom. The highest BCUT2D eigenvalue weighted by atomic mass is 35.5. The van der Waals surface area contributed by atoms with Crippen molar-refractivity contribution in [2.45, 2.75) is 26.8 Å². The molecule has 0 saturated heterocycles. The van der Waals surface area contributed by atoms with Crippen molar-refractivity contribution < 1.29 is 14.3 Å². The van der Waals surface area contributed by atoms with Crippen LogP contribution in [0.15, 0.2) is 24.3 Å². The molecule has 0 bridgehead atoms. The largest absolute Gasteiger partial charge is 0.493 e. The van der Waals surface area contributed by atoms with Crippen LogP contribution in [0.4, 0.5) is 0 Å². The molecular weight excluding hydrogens is 381 g/mol. The lowest BCUT2D eigenvalue weighted by Crippen LogP contribution is -2.26. The molecule has 1 amide bonds. The van der Waals surface area contributed by atoms with Crippen molar-refractivity contribution in [2.75, 3.05) is 13.7 Å². The van der Waals surface area contributed by atoms with Crippen LogP contribution in [0.3, 0.4) is 0 Å². The van der Waals surface area contributed by atoms with Gasteiger partial charge in [0.2, 0.25) is 0 Å². The topological polar surface area (TPSA) is 47.6 Å². The maximum atomic E-state index is 12.4. The summed E-state index contributed by atoms with van der Waals surface area (Å²) in [5.74, 6) is 1.48. The maximum absolute atomic E-state index is 12.4. The second-order valence-electron chi connectivity index (χ2n) is 6.05. The van der Waals surface area contributed by atoms with Crippen molar-refractivity contribution in [1.82, 2.24) is 5.32 Å². The normalized spacial score (nSPS) is 12.1. The van der Waals surface area contributed by atoms with Crippen molar-refractivity contribution in [1.29, 1.82) is 0 Å². The van der Waals surface area contributed by atoms with E-state index in [0.29, 0.717) is 38.3 Å². The number of amides is 1. The molecule has 1 heterocycles. The average molecular weight is 402 g/mol. The van der Waals surface area contributed by atoms with Crippen LogP contribution in [0.25, 0.3) is 0 Å². The summed E-state index contributed by atoms with van der Waals surface area (Å²) in [4.78, 5) is 12.4. The summed E-state index contributed by atoms with van der Waals surface area (Å²) in [6.45, 7) is 6.67. The van der Waals surface area contributed by atoms with Crippen LogP contribution >= 0.6 is 34.5 Å². The number of benzene rings is 1. The highest BCUT2D eigenvalue weighted by Crippen LogP contribution is 2.33. The monoisotopic (exact) mass is 401 g/mol. The highest BCUT2D eigenvalue weighted by Gasteiger charge is 2.18. The van der Waals surface area contributed by atoms with Crippen LogP contribution in [0.5, 0.6) is 11.5 Å². The fraction of sp³-hybridized carbons (Fsp3) is 0.389. The van der Waals surface area contributed by atoms with Crippen LogP contribution in [-0.4, -0.2) is 19.6 Å². The standard InChI is InChI=1S/C18H21Cl2NO3S/c1-10(2)9-24-14-6-5-12(7-15(14)23-4)11(3)21-18(22)13-8-16(19)25-17(13)20/h5-8,10-11H,9H2,1-4H3,(H,21,22). The van der Waals surface area contributed by atoms with Crippen molar-refractivity contribution >= 4 is 40.4 Å². The molecule has 4 nitrogen and oxygen atoms in total. The molecule has 0 radical (unpaired) electrons. The molecule has 136 valence electrons. The van der Waals surface area contributed by atoms with E-state index < -0.39 is 0 Å². The summed E-state index contributed by atoms with van der Waals surface area (Å²) in [7, 11) is 1.59. The number of hydrogen-bond donors (Lipinski definition) is 1. The number of nitrogens with one attached hydrogen (secondary N) is 1. The molecule has 0 saturated carbocycles. The molecule has 2 aromatic rings. The van der Waals surface area contributed by atoms with Gasteiger partial charge in [-0.2, -0.15) is 0 Å². The number of halogens is 2. The molecule has 0 aliphatic heterocycles. The van der Waals surface area contributed by atoms with Gasteiger partial charge in [-0.1, -0.05) is 43.1 Å². The van der Waals surface area contributed by atoms with E-state index in [1.54, 1.807) is 13.2 Å². The Kier molecular flexibility index (Phi) is 6.99. The Morgan fingerprint density at radius 3 is 2.48 bits per heavy atom. The predicted molar refractivity (Wildman–Crippen MR) is 104 cm³/mol. The van der Waals surface area contributed by atoms with Gasteiger partial charge in [0.1, 0.15) is 4.34 Å². The van der Waals surface area contributed by atoms with E-state index in [2.05, 4.69) is 19.2 Å². The molecule has 2 rings (SSSR count). The predicted octanol–water partition coefficient (Wildman–Crippen LogP) is 5.59. The Bertz CT molecular complexity index is 746. The second-order valence-corrected chi connectivity index (χ2v) is 8.33. The summed E-state index contributed by atoms with van der Waals surface area (Å²) in [6.07, 6.45) is 0. The first kappa shape index (κ1) is 19.9. The van der Waals surface area contributed by atoms with Crippen LogP contribution in [0.1, 0.15) is 42.7 Å². The van der Waals surface area contributed by atoms with Gasteiger partial charge >= 0.3 is 0 Å². The number of hydrogen-bond acceptors (Lipinski definition) is 4. The zero-order valence-electron chi connectivity index (χ0n) is 14.6. The van der Waals surface area contributed by atoms with E-state index in [9.17, 15) is 4.79 Å². The van der Waals surface area contributed by atoms with E-state index in [0.717, 1.165) is 5.56 Å². The SMILES string of the molecule is COc1cc(C(C)NC(=O)c2cc(Cl)sc2Cl)ccc1OCC(C)C. The van der Waals surface area contributed by atoms with E-state index in [-0.39, 0.29) is 11.9 Å². The number of rotatable bonds is 7. The van der Waals surface area contributed by atoms with Crippen molar-refractivity contribution in [3.63, 3.8) is 0 Å². The quantitative estimate of drug-likeness (QED) is 0.657. The Morgan fingerprint density at radius 2 is 1.92 bits per heavy atom. The Balaban J connectivity index is 2.12. The van der Waals surface area contributed by atoms with Gasteiger partial charge in [0.05, 0.1) is 29.7 Å². The first-order chi connectivity index (χ1) is 11.8. The molecule has 1 N–H and O–H groups in total. The first-order valence-electron chi connectivity index (χ1n) is 7.88. The minimum absolute atomic E-state index is 0.227.